The quantitative estimate of drug-likeness (QED) is 0.544. The first kappa shape index (κ1) is 10.6. The lowest BCUT2D eigenvalue weighted by molar-refractivity contribution is -0.110. The summed E-state index contributed by atoms with van der Waals surface area (Å²) in [7, 11) is 0. The molecule has 0 aliphatic carbocycles. The summed E-state index contributed by atoms with van der Waals surface area (Å²) in [5, 5.41) is 11.6. The molecule has 66 valence electrons. The van der Waals surface area contributed by atoms with Crippen LogP contribution in [0.5, 0.6) is 0 Å². The first-order chi connectivity index (χ1) is 5.24. The van der Waals surface area contributed by atoms with Gasteiger partial charge in [0.25, 0.3) is 0 Å². The zero-order valence-corrected chi connectivity index (χ0v) is 7.21. The molecule has 2 N–H and O–H groups in total. The van der Waals surface area contributed by atoms with Gasteiger partial charge in [0.1, 0.15) is 6.29 Å². The fourth-order valence-corrected chi connectivity index (χ4v) is 0.653. The third kappa shape index (κ3) is 4.93. The molecule has 0 saturated carbocycles. The van der Waals surface area contributed by atoms with Gasteiger partial charge in [-0.05, 0) is 12.5 Å². The van der Waals surface area contributed by atoms with Crippen molar-refractivity contribution in [1.82, 2.24) is 5.32 Å². The molecule has 0 rings (SSSR count). The average molecular weight is 159 g/mol. The van der Waals surface area contributed by atoms with Gasteiger partial charge in [0.05, 0.1) is 12.6 Å². The molecule has 2 atom stereocenters. The summed E-state index contributed by atoms with van der Waals surface area (Å²) < 4.78 is 0. The molecule has 0 unspecified atom stereocenters. The van der Waals surface area contributed by atoms with Gasteiger partial charge in [-0.1, -0.05) is 20.3 Å². The highest BCUT2D eigenvalue weighted by Crippen LogP contribution is 1.97. The van der Waals surface area contributed by atoms with Gasteiger partial charge in [0.2, 0.25) is 0 Å². The molecule has 0 fully saturated rings. The molecular weight excluding hydrogens is 142 g/mol. The second-order valence-corrected chi connectivity index (χ2v) is 2.85. The molecule has 0 heterocycles. The van der Waals surface area contributed by atoms with E-state index in [4.69, 9.17) is 5.11 Å². The maximum atomic E-state index is 10.2. The van der Waals surface area contributed by atoms with Crippen molar-refractivity contribution in [3.8, 4) is 0 Å². The zero-order chi connectivity index (χ0) is 8.69. The lowest BCUT2D eigenvalue weighted by atomic mass is 10.1. The highest BCUT2D eigenvalue weighted by Gasteiger charge is 2.05. The third-order valence-electron chi connectivity index (χ3n) is 1.79. The Labute approximate surface area is 67.8 Å². The van der Waals surface area contributed by atoms with Crippen LogP contribution in [-0.4, -0.2) is 30.6 Å². The summed E-state index contributed by atoms with van der Waals surface area (Å²) >= 11 is 0. The van der Waals surface area contributed by atoms with Crippen molar-refractivity contribution >= 4 is 6.29 Å². The van der Waals surface area contributed by atoms with Crippen molar-refractivity contribution < 1.29 is 9.90 Å². The van der Waals surface area contributed by atoms with Gasteiger partial charge in [-0.3, -0.25) is 0 Å². The van der Waals surface area contributed by atoms with E-state index in [0.717, 1.165) is 19.3 Å². The summed E-state index contributed by atoms with van der Waals surface area (Å²) in [4.78, 5) is 10.2. The molecule has 0 bridgehead atoms. The summed E-state index contributed by atoms with van der Waals surface area (Å²) in [6.07, 6.45) is 1.83. The van der Waals surface area contributed by atoms with E-state index >= 15 is 0 Å². The van der Waals surface area contributed by atoms with Gasteiger partial charge in [0, 0.05) is 0 Å². The van der Waals surface area contributed by atoms with Crippen LogP contribution in [0.25, 0.3) is 0 Å². The van der Waals surface area contributed by atoms with Crippen molar-refractivity contribution in [2.75, 3.05) is 13.2 Å². The standard InChI is InChI=1S/C8H17NO2/c1-3-7(2)4-9-8(5-10)6-11/h5,7-9,11H,3-4,6H2,1-2H3/t7-,8-/m1/s1. The fourth-order valence-electron chi connectivity index (χ4n) is 0.653. The molecule has 0 aromatic carbocycles. The van der Waals surface area contributed by atoms with Gasteiger partial charge in [-0.15, -0.1) is 0 Å². The molecule has 3 heteroatoms. The number of aliphatic hydroxyl groups is 1. The Kier molecular flexibility index (Phi) is 6.07. The number of hydrogen-bond acceptors (Lipinski definition) is 3. The van der Waals surface area contributed by atoms with Crippen molar-refractivity contribution in [2.45, 2.75) is 26.3 Å². The van der Waals surface area contributed by atoms with Crippen LogP contribution in [0.4, 0.5) is 0 Å². The second-order valence-electron chi connectivity index (χ2n) is 2.85. The number of carbonyl (C=O) groups is 1. The minimum absolute atomic E-state index is 0.111. The van der Waals surface area contributed by atoms with Crippen molar-refractivity contribution in [3.63, 3.8) is 0 Å². The predicted octanol–water partition coefficient (Wildman–Crippen LogP) is 0.182. The number of hydrogen-bond donors (Lipinski definition) is 2. The molecule has 0 aromatic heterocycles. The summed E-state index contributed by atoms with van der Waals surface area (Å²) in [6.45, 7) is 4.88. The molecular formula is C8H17NO2. The molecule has 0 spiro atoms. The van der Waals surface area contributed by atoms with Crippen LogP contribution in [-0.2, 0) is 4.79 Å². The largest absolute Gasteiger partial charge is 0.394 e. The van der Waals surface area contributed by atoms with Crippen LogP contribution < -0.4 is 5.32 Å². The van der Waals surface area contributed by atoms with Crippen molar-refractivity contribution in [3.05, 3.63) is 0 Å². The predicted molar refractivity (Wildman–Crippen MR) is 44.4 cm³/mol. The Hall–Kier alpha value is -0.410. The van der Waals surface area contributed by atoms with Gasteiger partial charge >= 0.3 is 0 Å². The Morgan fingerprint density at radius 1 is 1.64 bits per heavy atom. The fraction of sp³-hybridized carbons (Fsp3) is 0.875. The summed E-state index contributed by atoms with van der Waals surface area (Å²) in [5.41, 5.74) is 0. The molecule has 0 aliphatic rings. The zero-order valence-electron chi connectivity index (χ0n) is 7.21. The van der Waals surface area contributed by atoms with Gasteiger partial charge in [0.15, 0.2) is 0 Å². The van der Waals surface area contributed by atoms with Crippen LogP contribution in [0.3, 0.4) is 0 Å². The molecule has 0 aliphatic heterocycles. The van der Waals surface area contributed by atoms with Crippen molar-refractivity contribution in [2.24, 2.45) is 5.92 Å². The van der Waals surface area contributed by atoms with E-state index in [0.29, 0.717) is 5.92 Å². The highest BCUT2D eigenvalue weighted by atomic mass is 16.3. The van der Waals surface area contributed by atoms with Crippen LogP contribution in [0.1, 0.15) is 20.3 Å². The Balaban J connectivity index is 3.41. The Bertz CT molecular complexity index is 106. The highest BCUT2D eigenvalue weighted by molar-refractivity contribution is 5.57. The first-order valence-corrected chi connectivity index (χ1v) is 4.04. The summed E-state index contributed by atoms with van der Waals surface area (Å²) in [6, 6.07) is -0.385. The van der Waals surface area contributed by atoms with E-state index in [-0.39, 0.29) is 12.6 Å². The average Bonchev–Trinajstić information content (AvgIpc) is 2.06. The second kappa shape index (κ2) is 6.31. The van der Waals surface area contributed by atoms with Crippen molar-refractivity contribution in [1.29, 1.82) is 0 Å². The third-order valence-corrected chi connectivity index (χ3v) is 1.79. The summed E-state index contributed by atoms with van der Waals surface area (Å²) in [5.74, 6) is 0.559. The topological polar surface area (TPSA) is 49.3 Å². The van der Waals surface area contributed by atoms with Crippen LogP contribution in [0.15, 0.2) is 0 Å². The lowest BCUT2D eigenvalue weighted by Gasteiger charge is -2.13. The maximum Gasteiger partial charge on any atom is 0.139 e. The molecule has 0 aromatic rings. The van der Waals surface area contributed by atoms with E-state index in [1.807, 2.05) is 0 Å². The molecule has 0 radical (unpaired) electrons. The van der Waals surface area contributed by atoms with Gasteiger partial charge in [-0.25, -0.2) is 0 Å². The van der Waals surface area contributed by atoms with E-state index < -0.39 is 0 Å². The molecule has 3 nitrogen and oxygen atoms in total. The van der Waals surface area contributed by atoms with E-state index in [9.17, 15) is 4.79 Å². The van der Waals surface area contributed by atoms with E-state index in [1.165, 1.54) is 0 Å². The van der Waals surface area contributed by atoms with Crippen LogP contribution in [0, 0.1) is 5.92 Å². The SMILES string of the molecule is CC[C@@H](C)CN[C@H](C=O)CO. The Morgan fingerprint density at radius 2 is 2.27 bits per heavy atom. The normalized spacial score (nSPS) is 15.9. The number of rotatable bonds is 6. The number of carbonyl (C=O) groups excluding carboxylic acids is 1. The van der Waals surface area contributed by atoms with Crippen LogP contribution in [0.2, 0.25) is 0 Å². The Morgan fingerprint density at radius 3 is 2.64 bits per heavy atom. The monoisotopic (exact) mass is 159 g/mol. The number of aldehydes is 1. The maximum absolute atomic E-state index is 10.2. The van der Waals surface area contributed by atoms with Crippen LogP contribution >= 0.6 is 0 Å². The molecule has 11 heavy (non-hydrogen) atoms. The van der Waals surface area contributed by atoms with E-state index in [1.54, 1.807) is 0 Å². The lowest BCUT2D eigenvalue weighted by Crippen LogP contribution is -2.36. The first-order valence-electron chi connectivity index (χ1n) is 4.04. The van der Waals surface area contributed by atoms with Gasteiger partial charge < -0.3 is 15.2 Å². The minimum atomic E-state index is -0.385. The van der Waals surface area contributed by atoms with E-state index in [2.05, 4.69) is 19.2 Å². The number of aliphatic hydroxyl groups excluding tert-OH is 1. The molecule has 0 amide bonds. The number of nitrogens with one attached hydrogen (secondary N) is 1. The van der Waals surface area contributed by atoms with Gasteiger partial charge in [-0.2, -0.15) is 0 Å². The smallest absolute Gasteiger partial charge is 0.139 e. The minimum Gasteiger partial charge on any atom is -0.394 e. The molecule has 0 saturated heterocycles.